The zero-order valence-electron chi connectivity index (χ0n) is 7.13. The molecule has 2 saturated carbocycles. The van der Waals surface area contributed by atoms with Gasteiger partial charge in [-0.05, 0) is 31.1 Å². The molecule has 0 spiro atoms. The Bertz CT molecular complexity index is 131. The molecule has 1 heteroatoms. The van der Waals surface area contributed by atoms with Crippen molar-refractivity contribution in [1.82, 2.24) is 0 Å². The minimum atomic E-state index is 0.0500. The molecule has 2 aliphatic rings. The van der Waals surface area contributed by atoms with Crippen LogP contribution in [0.2, 0.25) is 0 Å². The van der Waals surface area contributed by atoms with Crippen LogP contribution in [0.4, 0.5) is 0 Å². The van der Waals surface area contributed by atoms with Crippen LogP contribution in [0.3, 0.4) is 0 Å². The Hall–Kier alpha value is -0.0400. The summed E-state index contributed by atoms with van der Waals surface area (Å²) in [5.41, 5.74) is 0. The van der Waals surface area contributed by atoms with E-state index in [0.29, 0.717) is 5.92 Å². The van der Waals surface area contributed by atoms with Crippen molar-refractivity contribution in [2.45, 2.75) is 51.0 Å². The van der Waals surface area contributed by atoms with E-state index in [-0.39, 0.29) is 6.10 Å². The molecule has 0 aromatic rings. The molecule has 0 aromatic heterocycles. The Morgan fingerprint density at radius 2 is 1.55 bits per heavy atom. The van der Waals surface area contributed by atoms with Crippen LogP contribution in [0.5, 0.6) is 0 Å². The van der Waals surface area contributed by atoms with E-state index < -0.39 is 0 Å². The van der Waals surface area contributed by atoms with E-state index in [4.69, 9.17) is 0 Å². The van der Waals surface area contributed by atoms with Gasteiger partial charge in [0.2, 0.25) is 0 Å². The van der Waals surface area contributed by atoms with Crippen LogP contribution in [0.1, 0.15) is 44.9 Å². The van der Waals surface area contributed by atoms with Crippen molar-refractivity contribution in [1.29, 1.82) is 0 Å². The van der Waals surface area contributed by atoms with Crippen molar-refractivity contribution in [3.05, 3.63) is 0 Å². The molecule has 0 aliphatic heterocycles. The molecular weight excluding hydrogens is 136 g/mol. The highest BCUT2D eigenvalue weighted by atomic mass is 16.3. The molecule has 2 fully saturated rings. The third-order valence-electron chi connectivity index (χ3n) is 3.54. The number of hydrogen-bond acceptors (Lipinski definition) is 1. The van der Waals surface area contributed by atoms with Gasteiger partial charge in [-0.15, -0.1) is 0 Å². The van der Waals surface area contributed by atoms with Crippen LogP contribution in [0.25, 0.3) is 0 Å². The summed E-state index contributed by atoms with van der Waals surface area (Å²) in [5.74, 6) is 1.56. The van der Waals surface area contributed by atoms with Crippen molar-refractivity contribution in [2.75, 3.05) is 0 Å². The van der Waals surface area contributed by atoms with Gasteiger partial charge in [0, 0.05) is 0 Å². The van der Waals surface area contributed by atoms with Gasteiger partial charge in [0.05, 0.1) is 6.10 Å². The molecule has 64 valence electrons. The van der Waals surface area contributed by atoms with Gasteiger partial charge in [-0.3, -0.25) is 0 Å². The molecule has 3 atom stereocenters. The first-order valence-corrected chi connectivity index (χ1v) is 5.06. The van der Waals surface area contributed by atoms with E-state index in [9.17, 15) is 5.11 Å². The standard InChI is InChI=1S/C10H18O/c11-10-7-3-5-8-4-1-2-6-9(8)10/h8-11H,1-7H2/t8-,9-,10-/m1/s1. The van der Waals surface area contributed by atoms with E-state index in [0.717, 1.165) is 12.3 Å². The monoisotopic (exact) mass is 154 g/mol. The lowest BCUT2D eigenvalue weighted by atomic mass is 9.69. The van der Waals surface area contributed by atoms with Crippen LogP contribution >= 0.6 is 0 Å². The van der Waals surface area contributed by atoms with Gasteiger partial charge in [0.15, 0.2) is 0 Å². The van der Waals surface area contributed by atoms with Crippen molar-refractivity contribution in [3.8, 4) is 0 Å². The van der Waals surface area contributed by atoms with Crippen molar-refractivity contribution >= 4 is 0 Å². The first-order chi connectivity index (χ1) is 5.38. The molecule has 0 bridgehead atoms. The van der Waals surface area contributed by atoms with E-state index in [2.05, 4.69) is 0 Å². The number of aliphatic hydroxyl groups excluding tert-OH is 1. The van der Waals surface area contributed by atoms with E-state index in [1.165, 1.54) is 38.5 Å². The summed E-state index contributed by atoms with van der Waals surface area (Å²) in [7, 11) is 0. The summed E-state index contributed by atoms with van der Waals surface area (Å²) in [6, 6.07) is 0. The number of hydrogen-bond donors (Lipinski definition) is 1. The molecule has 0 unspecified atom stereocenters. The van der Waals surface area contributed by atoms with Crippen LogP contribution in [-0.2, 0) is 0 Å². The van der Waals surface area contributed by atoms with Crippen molar-refractivity contribution in [3.63, 3.8) is 0 Å². The van der Waals surface area contributed by atoms with Crippen LogP contribution in [-0.4, -0.2) is 11.2 Å². The lowest BCUT2D eigenvalue weighted by Crippen LogP contribution is -2.34. The van der Waals surface area contributed by atoms with Gasteiger partial charge in [-0.25, -0.2) is 0 Å². The highest BCUT2D eigenvalue weighted by Crippen LogP contribution is 2.40. The Labute approximate surface area is 68.8 Å². The third kappa shape index (κ3) is 1.44. The molecular formula is C10H18O. The zero-order valence-corrected chi connectivity index (χ0v) is 7.13. The lowest BCUT2D eigenvalue weighted by molar-refractivity contribution is 0.0105. The minimum Gasteiger partial charge on any atom is -0.393 e. The molecule has 0 heterocycles. The smallest absolute Gasteiger partial charge is 0.0571 e. The summed E-state index contributed by atoms with van der Waals surface area (Å²) in [6.45, 7) is 0. The fourth-order valence-corrected chi connectivity index (χ4v) is 2.90. The maximum atomic E-state index is 9.70. The molecule has 1 N–H and O–H groups in total. The second kappa shape index (κ2) is 3.14. The molecule has 2 rings (SSSR count). The van der Waals surface area contributed by atoms with Crippen LogP contribution in [0.15, 0.2) is 0 Å². The Morgan fingerprint density at radius 1 is 0.818 bits per heavy atom. The number of fused-ring (bicyclic) bond motifs is 1. The molecule has 1 nitrogen and oxygen atoms in total. The second-order valence-electron chi connectivity index (χ2n) is 4.21. The largest absolute Gasteiger partial charge is 0.393 e. The summed E-state index contributed by atoms with van der Waals surface area (Å²) in [5, 5.41) is 9.70. The van der Waals surface area contributed by atoms with Gasteiger partial charge in [-0.1, -0.05) is 25.7 Å². The van der Waals surface area contributed by atoms with Crippen molar-refractivity contribution < 1.29 is 5.11 Å². The molecule has 0 saturated heterocycles. The highest BCUT2D eigenvalue weighted by Gasteiger charge is 2.33. The summed E-state index contributed by atoms with van der Waals surface area (Å²) in [6.07, 6.45) is 9.24. The van der Waals surface area contributed by atoms with Crippen molar-refractivity contribution in [2.24, 2.45) is 11.8 Å². The van der Waals surface area contributed by atoms with Gasteiger partial charge < -0.3 is 5.11 Å². The summed E-state index contributed by atoms with van der Waals surface area (Å²) >= 11 is 0. The number of aliphatic hydroxyl groups is 1. The highest BCUT2D eigenvalue weighted by molar-refractivity contribution is 4.84. The maximum Gasteiger partial charge on any atom is 0.0571 e. The molecule has 0 radical (unpaired) electrons. The quantitative estimate of drug-likeness (QED) is 0.568. The van der Waals surface area contributed by atoms with Crippen LogP contribution < -0.4 is 0 Å². The van der Waals surface area contributed by atoms with Gasteiger partial charge >= 0.3 is 0 Å². The van der Waals surface area contributed by atoms with E-state index in [1.807, 2.05) is 0 Å². The molecule has 0 aromatic carbocycles. The predicted molar refractivity (Wildman–Crippen MR) is 45.3 cm³/mol. The van der Waals surface area contributed by atoms with E-state index >= 15 is 0 Å². The Kier molecular flexibility index (Phi) is 2.17. The second-order valence-corrected chi connectivity index (χ2v) is 4.21. The predicted octanol–water partition coefficient (Wildman–Crippen LogP) is 2.34. The zero-order chi connectivity index (χ0) is 7.68. The topological polar surface area (TPSA) is 20.2 Å². The lowest BCUT2D eigenvalue weighted by Gasteiger charge is -2.38. The normalized spacial score (nSPS) is 45.0. The SMILES string of the molecule is O[C@@H]1CCC[C@H]2CCCC[C@H]21. The fraction of sp³-hybridized carbons (Fsp3) is 1.00. The minimum absolute atomic E-state index is 0.0500. The average molecular weight is 154 g/mol. The maximum absolute atomic E-state index is 9.70. The van der Waals surface area contributed by atoms with Gasteiger partial charge in [0.1, 0.15) is 0 Å². The first-order valence-electron chi connectivity index (χ1n) is 5.06. The molecule has 0 amide bonds. The molecule has 11 heavy (non-hydrogen) atoms. The summed E-state index contributed by atoms with van der Waals surface area (Å²) < 4.78 is 0. The number of rotatable bonds is 0. The third-order valence-corrected chi connectivity index (χ3v) is 3.54. The molecule has 2 aliphatic carbocycles. The Morgan fingerprint density at radius 3 is 2.36 bits per heavy atom. The fourth-order valence-electron chi connectivity index (χ4n) is 2.90. The van der Waals surface area contributed by atoms with E-state index in [1.54, 1.807) is 0 Å². The van der Waals surface area contributed by atoms with Crippen LogP contribution in [0, 0.1) is 11.8 Å². The van der Waals surface area contributed by atoms with Gasteiger partial charge in [-0.2, -0.15) is 0 Å². The van der Waals surface area contributed by atoms with Gasteiger partial charge in [0.25, 0.3) is 0 Å². The first kappa shape index (κ1) is 7.60. The Balaban J connectivity index is 1.99. The average Bonchev–Trinajstić information content (AvgIpc) is 2.06. The summed E-state index contributed by atoms with van der Waals surface area (Å²) in [4.78, 5) is 0.